The third-order valence-corrected chi connectivity index (χ3v) is 2.99. The molecule has 1 fully saturated rings. The number of pyridine rings is 1. The molecule has 1 aliphatic heterocycles. The molecule has 2 rings (SSSR count). The lowest BCUT2D eigenvalue weighted by molar-refractivity contribution is -0.128. The fraction of sp³-hybridized carbons (Fsp3) is 0.500. The lowest BCUT2D eigenvalue weighted by Crippen LogP contribution is -2.37. The Balaban J connectivity index is 1.93. The molecule has 0 aromatic carbocycles. The van der Waals surface area contributed by atoms with Gasteiger partial charge in [-0.1, -0.05) is 0 Å². The number of hydrogen-bond donors (Lipinski definition) is 1. The van der Waals surface area contributed by atoms with Crippen LogP contribution in [0.4, 0.5) is 11.5 Å². The summed E-state index contributed by atoms with van der Waals surface area (Å²) < 4.78 is 0. The topological polar surface area (TPSA) is 62.5 Å². The summed E-state index contributed by atoms with van der Waals surface area (Å²) in [4.78, 5) is 19.9. The first kappa shape index (κ1) is 11.7. The molecule has 5 nitrogen and oxygen atoms in total. The highest BCUT2D eigenvalue weighted by Crippen LogP contribution is 2.12. The van der Waals surface area contributed by atoms with Crippen molar-refractivity contribution in [2.24, 2.45) is 0 Å². The first-order valence-corrected chi connectivity index (χ1v) is 5.87. The van der Waals surface area contributed by atoms with Gasteiger partial charge in [0.2, 0.25) is 5.91 Å². The van der Waals surface area contributed by atoms with E-state index in [9.17, 15) is 4.79 Å². The summed E-state index contributed by atoms with van der Waals surface area (Å²) >= 11 is 0. The Morgan fingerprint density at radius 2 is 2.18 bits per heavy atom. The van der Waals surface area contributed by atoms with E-state index in [2.05, 4.69) is 4.98 Å². The normalized spacial score (nSPS) is 15.0. The highest BCUT2D eigenvalue weighted by atomic mass is 16.2. The number of likely N-dealkylation sites (tertiary alicyclic amines) is 1. The van der Waals surface area contributed by atoms with Crippen LogP contribution >= 0.6 is 0 Å². The molecule has 92 valence electrons. The number of hydrogen-bond acceptors (Lipinski definition) is 4. The molecular formula is C12H18N4O. The predicted octanol–water partition coefficient (Wildman–Crippen LogP) is 0.722. The van der Waals surface area contributed by atoms with E-state index in [1.165, 1.54) is 0 Å². The van der Waals surface area contributed by atoms with Crippen LogP contribution in [0.3, 0.4) is 0 Å². The maximum Gasteiger partial charge on any atom is 0.242 e. The number of likely N-dealkylation sites (N-methyl/N-ethyl adjacent to an activating group) is 1. The summed E-state index contributed by atoms with van der Waals surface area (Å²) in [6, 6.07) is 3.62. The maximum atomic E-state index is 11.9. The van der Waals surface area contributed by atoms with Crippen molar-refractivity contribution in [3.8, 4) is 0 Å². The summed E-state index contributed by atoms with van der Waals surface area (Å²) in [5.74, 6) is 0.940. The molecular weight excluding hydrogens is 216 g/mol. The van der Waals surface area contributed by atoms with Crippen LogP contribution in [0.25, 0.3) is 0 Å². The second kappa shape index (κ2) is 5.03. The van der Waals surface area contributed by atoms with E-state index < -0.39 is 0 Å². The summed E-state index contributed by atoms with van der Waals surface area (Å²) in [6.07, 6.45) is 3.84. The number of amides is 1. The van der Waals surface area contributed by atoms with Gasteiger partial charge in [0.25, 0.3) is 0 Å². The van der Waals surface area contributed by atoms with E-state index in [0.29, 0.717) is 12.2 Å². The first-order valence-electron chi connectivity index (χ1n) is 5.87. The van der Waals surface area contributed by atoms with Crippen LogP contribution in [0, 0.1) is 0 Å². The first-order chi connectivity index (χ1) is 8.16. The molecule has 1 aromatic heterocycles. The van der Waals surface area contributed by atoms with E-state index in [1.54, 1.807) is 12.3 Å². The number of anilines is 2. The molecule has 1 saturated heterocycles. The smallest absolute Gasteiger partial charge is 0.242 e. The van der Waals surface area contributed by atoms with Crippen LogP contribution in [0.1, 0.15) is 12.8 Å². The van der Waals surface area contributed by atoms with Crippen molar-refractivity contribution < 1.29 is 4.79 Å². The molecule has 0 bridgehead atoms. The zero-order valence-electron chi connectivity index (χ0n) is 10.1. The van der Waals surface area contributed by atoms with Gasteiger partial charge in [-0.05, 0) is 25.0 Å². The standard InChI is InChI=1S/C12H18N4O/c1-15(11-5-4-10(13)8-14-11)9-12(17)16-6-2-3-7-16/h4-5,8H,2-3,6-7,9,13H2,1H3. The lowest BCUT2D eigenvalue weighted by atomic mass is 10.4. The van der Waals surface area contributed by atoms with Crippen LogP contribution in [-0.2, 0) is 4.79 Å². The van der Waals surface area contributed by atoms with Crippen molar-refractivity contribution in [1.29, 1.82) is 0 Å². The average molecular weight is 234 g/mol. The lowest BCUT2D eigenvalue weighted by Gasteiger charge is -2.21. The number of nitrogens with two attached hydrogens (primary N) is 1. The molecule has 5 heteroatoms. The van der Waals surface area contributed by atoms with Gasteiger partial charge >= 0.3 is 0 Å². The predicted molar refractivity (Wildman–Crippen MR) is 67.7 cm³/mol. The summed E-state index contributed by atoms with van der Waals surface area (Å²) in [5.41, 5.74) is 6.20. The Kier molecular flexibility index (Phi) is 3.46. The number of rotatable bonds is 3. The molecule has 0 aliphatic carbocycles. The highest BCUT2D eigenvalue weighted by molar-refractivity contribution is 5.81. The average Bonchev–Trinajstić information content (AvgIpc) is 2.83. The van der Waals surface area contributed by atoms with Crippen molar-refractivity contribution in [3.63, 3.8) is 0 Å². The SMILES string of the molecule is CN(CC(=O)N1CCCC1)c1ccc(N)cn1. The van der Waals surface area contributed by atoms with Crippen LogP contribution < -0.4 is 10.6 Å². The Morgan fingerprint density at radius 3 is 2.76 bits per heavy atom. The van der Waals surface area contributed by atoms with Gasteiger partial charge in [-0.2, -0.15) is 0 Å². The molecule has 0 radical (unpaired) electrons. The van der Waals surface area contributed by atoms with Gasteiger partial charge in [-0.3, -0.25) is 4.79 Å². The monoisotopic (exact) mass is 234 g/mol. The molecule has 2 N–H and O–H groups in total. The van der Waals surface area contributed by atoms with Gasteiger partial charge < -0.3 is 15.5 Å². The number of nitrogens with zero attached hydrogens (tertiary/aromatic N) is 3. The van der Waals surface area contributed by atoms with Gasteiger partial charge in [0.1, 0.15) is 5.82 Å². The summed E-state index contributed by atoms with van der Waals surface area (Å²) in [7, 11) is 1.87. The zero-order chi connectivity index (χ0) is 12.3. The minimum Gasteiger partial charge on any atom is -0.397 e. The number of aromatic nitrogens is 1. The van der Waals surface area contributed by atoms with Crippen LogP contribution in [0.15, 0.2) is 18.3 Å². The van der Waals surface area contributed by atoms with Gasteiger partial charge in [0.15, 0.2) is 0 Å². The van der Waals surface area contributed by atoms with E-state index in [-0.39, 0.29) is 5.91 Å². The third-order valence-electron chi connectivity index (χ3n) is 2.99. The van der Waals surface area contributed by atoms with Crippen molar-refractivity contribution >= 4 is 17.4 Å². The molecule has 1 aliphatic rings. The van der Waals surface area contributed by atoms with Gasteiger partial charge in [-0.15, -0.1) is 0 Å². The fourth-order valence-corrected chi connectivity index (χ4v) is 1.97. The van der Waals surface area contributed by atoms with Crippen molar-refractivity contribution in [1.82, 2.24) is 9.88 Å². The van der Waals surface area contributed by atoms with E-state index in [1.807, 2.05) is 22.9 Å². The molecule has 1 amide bonds. The minimum absolute atomic E-state index is 0.170. The Morgan fingerprint density at radius 1 is 1.47 bits per heavy atom. The van der Waals surface area contributed by atoms with E-state index in [0.717, 1.165) is 31.7 Å². The Labute approximate surface area is 101 Å². The molecule has 1 aromatic rings. The van der Waals surface area contributed by atoms with Gasteiger partial charge in [0.05, 0.1) is 18.4 Å². The second-order valence-corrected chi connectivity index (χ2v) is 4.39. The molecule has 0 saturated carbocycles. The molecule has 0 unspecified atom stereocenters. The fourth-order valence-electron chi connectivity index (χ4n) is 1.97. The van der Waals surface area contributed by atoms with Crippen molar-refractivity contribution in [2.75, 3.05) is 37.3 Å². The minimum atomic E-state index is 0.170. The maximum absolute atomic E-state index is 11.9. The second-order valence-electron chi connectivity index (χ2n) is 4.39. The van der Waals surface area contributed by atoms with Gasteiger partial charge in [0, 0.05) is 20.1 Å². The van der Waals surface area contributed by atoms with Crippen molar-refractivity contribution in [2.45, 2.75) is 12.8 Å². The molecule has 2 heterocycles. The summed E-state index contributed by atoms with van der Waals surface area (Å²) in [6.45, 7) is 2.15. The van der Waals surface area contributed by atoms with Crippen LogP contribution in [0.2, 0.25) is 0 Å². The third kappa shape index (κ3) is 2.87. The summed E-state index contributed by atoms with van der Waals surface area (Å²) in [5, 5.41) is 0. The number of nitrogen functional groups attached to an aromatic ring is 1. The molecule has 0 spiro atoms. The van der Waals surface area contributed by atoms with Crippen LogP contribution in [0.5, 0.6) is 0 Å². The molecule has 0 atom stereocenters. The highest BCUT2D eigenvalue weighted by Gasteiger charge is 2.19. The largest absolute Gasteiger partial charge is 0.397 e. The van der Waals surface area contributed by atoms with Gasteiger partial charge in [-0.25, -0.2) is 4.98 Å². The Hall–Kier alpha value is -1.78. The van der Waals surface area contributed by atoms with Crippen LogP contribution in [-0.4, -0.2) is 42.5 Å². The van der Waals surface area contributed by atoms with E-state index in [4.69, 9.17) is 5.73 Å². The number of carbonyl (C=O) groups excluding carboxylic acids is 1. The number of carbonyl (C=O) groups is 1. The Bertz CT molecular complexity index is 384. The zero-order valence-corrected chi connectivity index (χ0v) is 10.1. The quantitative estimate of drug-likeness (QED) is 0.837. The molecule has 17 heavy (non-hydrogen) atoms. The van der Waals surface area contributed by atoms with Crippen molar-refractivity contribution in [3.05, 3.63) is 18.3 Å². The van der Waals surface area contributed by atoms with E-state index >= 15 is 0 Å².